The molecule has 7 heteroatoms. The maximum Gasteiger partial charge on any atom is 0.255 e. The Morgan fingerprint density at radius 1 is 1.14 bits per heavy atom. The summed E-state index contributed by atoms with van der Waals surface area (Å²) in [4.78, 5) is 33.7. The average Bonchev–Trinajstić information content (AvgIpc) is 3.30. The minimum Gasteiger partial charge on any atom is -0.384 e. The van der Waals surface area contributed by atoms with E-state index in [2.05, 4.69) is 17.1 Å². The van der Waals surface area contributed by atoms with Crippen molar-refractivity contribution < 1.29 is 14.3 Å². The van der Waals surface area contributed by atoms with E-state index in [1.165, 1.54) is 6.20 Å². The van der Waals surface area contributed by atoms with Gasteiger partial charge >= 0.3 is 0 Å². The number of carbonyl (C=O) groups is 2. The van der Waals surface area contributed by atoms with Crippen LogP contribution in [-0.4, -0.2) is 59.9 Å². The minimum absolute atomic E-state index is 0.0205. The van der Waals surface area contributed by atoms with Crippen LogP contribution in [0.2, 0.25) is 0 Å². The molecule has 0 spiro atoms. The van der Waals surface area contributed by atoms with Crippen molar-refractivity contribution in [2.75, 3.05) is 39.1 Å². The van der Waals surface area contributed by atoms with Gasteiger partial charge in [0, 0.05) is 44.8 Å². The number of likely N-dealkylation sites (tertiary alicyclic amines) is 2. The van der Waals surface area contributed by atoms with Gasteiger partial charge in [0.05, 0.1) is 24.6 Å². The highest BCUT2D eigenvalue weighted by atomic mass is 16.5. The highest BCUT2D eigenvalue weighted by molar-refractivity contribution is 5.94. The van der Waals surface area contributed by atoms with Crippen LogP contribution >= 0.6 is 0 Å². The number of methoxy groups -OCH3 is 1. The summed E-state index contributed by atoms with van der Waals surface area (Å²) in [5, 5.41) is 0. The number of nitrogens with zero attached hydrogens (tertiary/aromatic N) is 3. The fourth-order valence-corrected chi connectivity index (χ4v) is 4.59. The zero-order chi connectivity index (χ0) is 20.4. The van der Waals surface area contributed by atoms with E-state index < -0.39 is 0 Å². The summed E-state index contributed by atoms with van der Waals surface area (Å²) in [7, 11) is 1.61. The summed E-state index contributed by atoms with van der Waals surface area (Å²) in [6, 6.07) is 13.5. The molecule has 1 aromatic heterocycles. The summed E-state index contributed by atoms with van der Waals surface area (Å²) in [5.74, 6) is 0.952. The molecule has 2 N–H and O–H groups in total. The Hall–Kier alpha value is -2.93. The molecule has 3 heterocycles. The highest BCUT2D eigenvalue weighted by Crippen LogP contribution is 2.45. The third kappa shape index (κ3) is 3.82. The first kappa shape index (κ1) is 19.4. The summed E-state index contributed by atoms with van der Waals surface area (Å²) in [6.45, 7) is 2.35. The standard InChI is InChI=1S/C22H26N4O3/c1-29-10-9-20(27)26-13-17-12-25(22(28)16-7-8-19(23)24-11-16)14-18(17)21(26)15-5-3-2-4-6-15/h2-8,11,17-18,21H,9-10,12-14H2,1H3,(H2,23,24)/t17-,18-,21+/m0/s1. The summed E-state index contributed by atoms with van der Waals surface area (Å²) in [6.07, 6.45) is 1.90. The number of carbonyl (C=O) groups excluding carboxylic acids is 2. The molecule has 2 aromatic rings. The van der Waals surface area contributed by atoms with Gasteiger partial charge in [-0.3, -0.25) is 9.59 Å². The smallest absolute Gasteiger partial charge is 0.255 e. The molecule has 0 unspecified atom stereocenters. The Balaban J connectivity index is 1.55. The van der Waals surface area contributed by atoms with E-state index >= 15 is 0 Å². The summed E-state index contributed by atoms with van der Waals surface area (Å²) < 4.78 is 5.10. The van der Waals surface area contributed by atoms with Crippen molar-refractivity contribution in [1.82, 2.24) is 14.8 Å². The Morgan fingerprint density at radius 2 is 1.93 bits per heavy atom. The number of nitrogen functional groups attached to an aromatic ring is 1. The van der Waals surface area contributed by atoms with E-state index in [1.807, 2.05) is 28.0 Å². The molecule has 29 heavy (non-hydrogen) atoms. The Kier molecular flexibility index (Phi) is 5.49. The number of nitrogens with two attached hydrogens (primary N) is 1. The van der Waals surface area contributed by atoms with Crippen LogP contribution in [0, 0.1) is 11.8 Å². The normalized spacial score (nSPS) is 23.3. The molecule has 1 aromatic carbocycles. The van der Waals surface area contributed by atoms with Crippen LogP contribution in [0.4, 0.5) is 5.82 Å². The van der Waals surface area contributed by atoms with Gasteiger partial charge in [-0.2, -0.15) is 0 Å². The second kappa shape index (κ2) is 8.21. The van der Waals surface area contributed by atoms with E-state index in [1.54, 1.807) is 19.2 Å². The predicted molar refractivity (Wildman–Crippen MR) is 109 cm³/mol. The number of rotatable bonds is 5. The third-order valence-corrected chi connectivity index (χ3v) is 5.97. The van der Waals surface area contributed by atoms with Crippen LogP contribution in [0.5, 0.6) is 0 Å². The zero-order valence-electron chi connectivity index (χ0n) is 16.5. The maximum atomic E-state index is 12.9. The van der Waals surface area contributed by atoms with Gasteiger partial charge in [0.25, 0.3) is 5.91 Å². The molecule has 2 fully saturated rings. The van der Waals surface area contributed by atoms with Crippen molar-refractivity contribution in [1.29, 1.82) is 0 Å². The largest absolute Gasteiger partial charge is 0.384 e. The fourth-order valence-electron chi connectivity index (χ4n) is 4.59. The predicted octanol–water partition coefficient (Wildman–Crippen LogP) is 1.97. The van der Waals surface area contributed by atoms with E-state index in [0.717, 1.165) is 5.56 Å². The van der Waals surface area contributed by atoms with Gasteiger partial charge in [0.2, 0.25) is 5.91 Å². The first-order valence-electron chi connectivity index (χ1n) is 9.92. The molecule has 0 saturated carbocycles. The van der Waals surface area contributed by atoms with Crippen molar-refractivity contribution in [2.45, 2.75) is 12.5 Å². The SMILES string of the molecule is COCCC(=O)N1C[C@@H]2CN(C(=O)c3ccc(N)nc3)C[C@@H]2[C@H]1c1ccccc1. The van der Waals surface area contributed by atoms with Gasteiger partial charge in [-0.25, -0.2) is 4.98 Å². The number of pyridine rings is 1. The van der Waals surface area contributed by atoms with Crippen molar-refractivity contribution in [2.24, 2.45) is 11.8 Å². The molecule has 2 amide bonds. The van der Waals surface area contributed by atoms with Crippen LogP contribution in [0.1, 0.15) is 28.4 Å². The fraction of sp³-hybridized carbons (Fsp3) is 0.409. The summed E-state index contributed by atoms with van der Waals surface area (Å²) >= 11 is 0. The maximum absolute atomic E-state index is 12.9. The monoisotopic (exact) mass is 394 g/mol. The van der Waals surface area contributed by atoms with Crippen molar-refractivity contribution in [3.63, 3.8) is 0 Å². The van der Waals surface area contributed by atoms with Gasteiger partial charge in [-0.15, -0.1) is 0 Å². The molecule has 2 aliphatic heterocycles. The van der Waals surface area contributed by atoms with Crippen molar-refractivity contribution in [3.8, 4) is 0 Å². The number of aromatic nitrogens is 1. The Bertz CT molecular complexity index is 871. The molecule has 0 bridgehead atoms. The molecule has 152 valence electrons. The number of anilines is 1. The van der Waals surface area contributed by atoms with E-state index in [0.29, 0.717) is 44.0 Å². The number of hydrogen-bond donors (Lipinski definition) is 1. The molecule has 0 aliphatic carbocycles. The molecule has 3 atom stereocenters. The second-order valence-corrected chi connectivity index (χ2v) is 7.75. The van der Waals surface area contributed by atoms with Crippen LogP contribution in [0.15, 0.2) is 48.7 Å². The van der Waals surface area contributed by atoms with E-state index in [9.17, 15) is 9.59 Å². The summed E-state index contributed by atoms with van der Waals surface area (Å²) in [5.41, 5.74) is 7.30. The lowest BCUT2D eigenvalue weighted by Gasteiger charge is -2.30. The third-order valence-electron chi connectivity index (χ3n) is 5.97. The Morgan fingerprint density at radius 3 is 2.62 bits per heavy atom. The second-order valence-electron chi connectivity index (χ2n) is 7.75. The highest BCUT2D eigenvalue weighted by Gasteiger charge is 2.49. The molecule has 4 rings (SSSR count). The molecule has 2 aliphatic rings. The van der Waals surface area contributed by atoms with Gasteiger partial charge in [-0.05, 0) is 17.7 Å². The number of hydrogen-bond acceptors (Lipinski definition) is 5. The van der Waals surface area contributed by atoms with Crippen LogP contribution < -0.4 is 5.73 Å². The van der Waals surface area contributed by atoms with Gasteiger partial charge in [0.1, 0.15) is 5.82 Å². The van der Waals surface area contributed by atoms with Crippen molar-refractivity contribution in [3.05, 3.63) is 59.8 Å². The number of ether oxygens (including phenoxy) is 1. The number of amides is 2. The first-order chi connectivity index (χ1) is 14.1. The average molecular weight is 394 g/mol. The van der Waals surface area contributed by atoms with Crippen LogP contribution in [0.3, 0.4) is 0 Å². The molecule has 2 saturated heterocycles. The topological polar surface area (TPSA) is 88.8 Å². The van der Waals surface area contributed by atoms with Gasteiger partial charge < -0.3 is 20.3 Å². The van der Waals surface area contributed by atoms with Crippen LogP contribution in [-0.2, 0) is 9.53 Å². The zero-order valence-corrected chi connectivity index (χ0v) is 16.5. The van der Waals surface area contributed by atoms with E-state index in [-0.39, 0.29) is 29.7 Å². The molecular formula is C22H26N4O3. The minimum atomic E-state index is -0.0315. The van der Waals surface area contributed by atoms with Crippen LogP contribution in [0.25, 0.3) is 0 Å². The molecular weight excluding hydrogens is 368 g/mol. The quantitative estimate of drug-likeness (QED) is 0.838. The van der Waals surface area contributed by atoms with Gasteiger partial charge in [-0.1, -0.05) is 30.3 Å². The Labute approximate surface area is 170 Å². The number of fused-ring (bicyclic) bond motifs is 1. The molecule has 0 radical (unpaired) electrons. The lowest BCUT2D eigenvalue weighted by Crippen LogP contribution is -2.37. The lowest BCUT2D eigenvalue weighted by molar-refractivity contribution is -0.133. The van der Waals surface area contributed by atoms with Gasteiger partial charge in [0.15, 0.2) is 0 Å². The molecule has 7 nitrogen and oxygen atoms in total. The van der Waals surface area contributed by atoms with Crippen molar-refractivity contribution >= 4 is 17.6 Å². The lowest BCUT2D eigenvalue weighted by atomic mass is 9.89. The number of benzene rings is 1. The van der Waals surface area contributed by atoms with E-state index in [4.69, 9.17) is 10.5 Å². The first-order valence-corrected chi connectivity index (χ1v) is 9.92.